The number of carboxylic acid groups (broad SMARTS) is 1. The van der Waals surface area contributed by atoms with Gasteiger partial charge in [-0.05, 0) is 12.8 Å². The number of rotatable bonds is 4. The Morgan fingerprint density at radius 3 is 2.81 bits per heavy atom. The maximum Gasteiger partial charge on any atom is 0.512 e. The van der Waals surface area contributed by atoms with Gasteiger partial charge < -0.3 is 20.3 Å². The molecule has 114 valence electrons. The number of fused-ring (bicyclic) bond motifs is 1. The first kappa shape index (κ1) is 14.2. The molecule has 0 spiro atoms. The lowest BCUT2D eigenvalue weighted by atomic mass is 9.99. The highest BCUT2D eigenvalue weighted by molar-refractivity contribution is 8.04. The quantitative estimate of drug-likeness (QED) is 0.490. The number of carbonyl (C=O) groups excluding carboxylic acids is 2. The van der Waals surface area contributed by atoms with Crippen molar-refractivity contribution in [3.8, 4) is 0 Å². The minimum absolute atomic E-state index is 0.00750. The van der Waals surface area contributed by atoms with Crippen LogP contribution in [0.25, 0.3) is 0 Å². The Labute approximate surface area is 124 Å². The van der Waals surface area contributed by atoms with Gasteiger partial charge in [0.15, 0.2) is 0 Å². The summed E-state index contributed by atoms with van der Waals surface area (Å²) in [6.07, 6.45) is -0.483. The van der Waals surface area contributed by atoms with Gasteiger partial charge in [0, 0.05) is 17.4 Å². The zero-order valence-corrected chi connectivity index (χ0v) is 11.8. The second-order valence-electron chi connectivity index (χ2n) is 5.08. The van der Waals surface area contributed by atoms with Gasteiger partial charge in [-0.25, -0.2) is 4.79 Å². The van der Waals surface area contributed by atoms with E-state index in [4.69, 9.17) is 9.84 Å². The van der Waals surface area contributed by atoms with E-state index in [1.54, 1.807) is 0 Å². The molecule has 3 heterocycles. The highest BCUT2D eigenvalue weighted by Crippen LogP contribution is 2.51. The van der Waals surface area contributed by atoms with E-state index in [9.17, 15) is 19.5 Å². The van der Waals surface area contributed by atoms with E-state index in [1.165, 1.54) is 16.7 Å². The lowest BCUT2D eigenvalue weighted by molar-refractivity contribution is -0.151. The fourth-order valence-corrected chi connectivity index (χ4v) is 4.26. The largest absolute Gasteiger partial charge is 0.512 e. The number of hydrogen-bond acceptors (Lipinski definition) is 6. The molecular formula is C12H14N2O6S. The molecule has 0 saturated carbocycles. The summed E-state index contributed by atoms with van der Waals surface area (Å²) in [5.74, 6) is -1.21. The topological polar surface area (TPSA) is 116 Å². The molecule has 0 aromatic heterocycles. The summed E-state index contributed by atoms with van der Waals surface area (Å²) in [6.45, 7) is 0.312. The Kier molecular flexibility index (Phi) is 3.54. The third kappa shape index (κ3) is 2.26. The maximum atomic E-state index is 11.9. The molecule has 8 nitrogen and oxygen atoms in total. The zero-order valence-electron chi connectivity index (χ0n) is 10.9. The minimum atomic E-state index is -1.50. The molecule has 9 heteroatoms. The number of carbonyl (C=O) groups is 3. The molecule has 3 aliphatic heterocycles. The van der Waals surface area contributed by atoms with Crippen molar-refractivity contribution in [1.82, 2.24) is 10.2 Å². The highest BCUT2D eigenvalue weighted by atomic mass is 32.2. The molecule has 3 N–H and O–H groups in total. The van der Waals surface area contributed by atoms with Gasteiger partial charge in [0.05, 0.1) is 12.5 Å². The predicted octanol–water partition coefficient (Wildman–Crippen LogP) is -0.100. The first-order valence-electron chi connectivity index (χ1n) is 6.55. The smallest absolute Gasteiger partial charge is 0.449 e. The average Bonchev–Trinajstić information content (AvgIpc) is 2.94. The summed E-state index contributed by atoms with van der Waals surface area (Å²) in [6, 6.07) is 0. The molecule has 0 aromatic carbocycles. The van der Waals surface area contributed by atoms with E-state index >= 15 is 0 Å². The number of allylic oxidation sites excluding steroid dienone is 1. The van der Waals surface area contributed by atoms with Gasteiger partial charge in [0.2, 0.25) is 17.7 Å². The van der Waals surface area contributed by atoms with Crippen molar-refractivity contribution < 1.29 is 29.3 Å². The van der Waals surface area contributed by atoms with Crippen molar-refractivity contribution in [3.05, 3.63) is 10.8 Å². The first-order valence-corrected chi connectivity index (χ1v) is 7.43. The first-order chi connectivity index (χ1) is 10.0. The molecule has 3 atom stereocenters. The van der Waals surface area contributed by atoms with Crippen LogP contribution in [0.1, 0.15) is 12.8 Å². The Balaban J connectivity index is 1.82. The van der Waals surface area contributed by atoms with Gasteiger partial charge in [-0.15, -0.1) is 0 Å². The fourth-order valence-electron chi connectivity index (χ4n) is 2.76. The van der Waals surface area contributed by atoms with Crippen LogP contribution in [0.5, 0.6) is 0 Å². The number of aliphatic hydroxyl groups is 1. The normalized spacial score (nSPS) is 31.1. The average molecular weight is 314 g/mol. The SMILES string of the molecule is O=C(O)OC1=C(C[C@@H]2CCNC2=O)S[C@@H]2[C@@H](CO)C(=O)N12. The molecule has 0 aromatic rings. The van der Waals surface area contributed by atoms with E-state index in [1.807, 2.05) is 0 Å². The lowest BCUT2D eigenvalue weighted by Crippen LogP contribution is -2.58. The van der Waals surface area contributed by atoms with Gasteiger partial charge in [0.1, 0.15) is 5.37 Å². The molecule has 0 aliphatic carbocycles. The molecule has 0 radical (unpaired) electrons. The summed E-state index contributed by atoms with van der Waals surface area (Å²) in [5.41, 5.74) is 0. The second-order valence-corrected chi connectivity index (χ2v) is 6.29. The summed E-state index contributed by atoms with van der Waals surface area (Å²) in [4.78, 5) is 36.1. The van der Waals surface area contributed by atoms with Gasteiger partial charge in [-0.2, -0.15) is 0 Å². The number of amides is 2. The minimum Gasteiger partial charge on any atom is -0.449 e. The van der Waals surface area contributed by atoms with Crippen LogP contribution >= 0.6 is 11.8 Å². The number of nitrogens with one attached hydrogen (secondary N) is 1. The Bertz CT molecular complexity index is 548. The van der Waals surface area contributed by atoms with Crippen LogP contribution < -0.4 is 5.32 Å². The lowest BCUT2D eigenvalue weighted by Gasteiger charge is -2.40. The Morgan fingerprint density at radius 2 is 2.24 bits per heavy atom. The van der Waals surface area contributed by atoms with Crippen molar-refractivity contribution in [3.63, 3.8) is 0 Å². The van der Waals surface area contributed by atoms with Crippen molar-refractivity contribution in [2.75, 3.05) is 13.2 Å². The van der Waals surface area contributed by atoms with Crippen LogP contribution in [-0.2, 0) is 14.3 Å². The molecular weight excluding hydrogens is 300 g/mol. The molecule has 0 bridgehead atoms. The van der Waals surface area contributed by atoms with Gasteiger partial charge in [-0.3, -0.25) is 14.5 Å². The third-order valence-corrected chi connectivity index (χ3v) is 5.26. The van der Waals surface area contributed by atoms with Gasteiger partial charge in [-0.1, -0.05) is 11.8 Å². The van der Waals surface area contributed by atoms with Crippen LogP contribution in [0.3, 0.4) is 0 Å². The molecule has 21 heavy (non-hydrogen) atoms. The maximum absolute atomic E-state index is 11.9. The van der Waals surface area contributed by atoms with Crippen LogP contribution in [-0.4, -0.2) is 51.6 Å². The van der Waals surface area contributed by atoms with E-state index in [0.29, 0.717) is 24.3 Å². The molecule has 2 fully saturated rings. The van der Waals surface area contributed by atoms with Crippen LogP contribution in [0.4, 0.5) is 4.79 Å². The monoisotopic (exact) mass is 314 g/mol. The highest BCUT2D eigenvalue weighted by Gasteiger charge is 2.55. The predicted molar refractivity (Wildman–Crippen MR) is 70.7 cm³/mol. The number of hydrogen-bond donors (Lipinski definition) is 3. The van der Waals surface area contributed by atoms with E-state index < -0.39 is 12.1 Å². The number of nitrogens with zero attached hydrogens (tertiary/aromatic N) is 1. The number of aliphatic hydroxyl groups excluding tert-OH is 1. The van der Waals surface area contributed by atoms with E-state index in [0.717, 1.165) is 0 Å². The van der Waals surface area contributed by atoms with Crippen molar-refractivity contribution in [2.24, 2.45) is 11.8 Å². The molecule has 3 aliphatic rings. The van der Waals surface area contributed by atoms with Crippen molar-refractivity contribution in [1.29, 1.82) is 0 Å². The molecule has 2 saturated heterocycles. The Hall–Kier alpha value is -1.74. The number of β-lactam (4-membered cyclic amide) rings is 1. The van der Waals surface area contributed by atoms with Gasteiger partial charge >= 0.3 is 6.16 Å². The summed E-state index contributed by atoms with van der Waals surface area (Å²) < 4.78 is 4.73. The summed E-state index contributed by atoms with van der Waals surface area (Å²) in [7, 11) is 0. The molecule has 3 rings (SSSR count). The Morgan fingerprint density at radius 1 is 1.48 bits per heavy atom. The molecule has 2 amide bonds. The van der Waals surface area contributed by atoms with E-state index in [-0.39, 0.29) is 35.6 Å². The van der Waals surface area contributed by atoms with Crippen LogP contribution in [0.15, 0.2) is 10.8 Å². The molecule has 0 unspecified atom stereocenters. The standard InChI is InChI=1S/C12H14N2O6S/c15-4-6-9(17)14-10(20-12(18)19)7(21-11(6)14)3-5-1-2-13-8(5)16/h5-6,11,15H,1-4H2,(H,13,16)(H,18,19)/t5-,6-,11+/m0/s1. The number of ether oxygens (including phenoxy) is 1. The van der Waals surface area contributed by atoms with Crippen molar-refractivity contribution >= 4 is 29.7 Å². The van der Waals surface area contributed by atoms with Crippen LogP contribution in [0, 0.1) is 11.8 Å². The number of thioether (sulfide) groups is 1. The van der Waals surface area contributed by atoms with E-state index in [2.05, 4.69) is 5.32 Å². The fraction of sp³-hybridized carbons (Fsp3) is 0.583. The summed E-state index contributed by atoms with van der Waals surface area (Å²) in [5, 5.41) is 20.4. The van der Waals surface area contributed by atoms with Crippen molar-refractivity contribution in [2.45, 2.75) is 18.2 Å². The van der Waals surface area contributed by atoms with Crippen LogP contribution in [0.2, 0.25) is 0 Å². The third-order valence-electron chi connectivity index (χ3n) is 3.85. The summed E-state index contributed by atoms with van der Waals surface area (Å²) >= 11 is 1.29. The zero-order chi connectivity index (χ0) is 15.1. The second kappa shape index (κ2) is 5.23. The van der Waals surface area contributed by atoms with Gasteiger partial charge in [0.25, 0.3) is 0 Å².